The smallest absolute Gasteiger partial charge is 0.262 e. The second-order valence-electron chi connectivity index (χ2n) is 8.91. The van der Waals surface area contributed by atoms with Gasteiger partial charge in [-0.25, -0.2) is 4.85 Å². The normalized spacial score (nSPS) is 10.6. The fourth-order valence-corrected chi connectivity index (χ4v) is 3.39. The predicted molar refractivity (Wildman–Crippen MR) is 141 cm³/mol. The molecule has 3 rings (SSSR count). The molecule has 3 aromatic rings. The molecule has 0 aromatic heterocycles. The Kier molecular flexibility index (Phi) is 8.48. The summed E-state index contributed by atoms with van der Waals surface area (Å²) in [7, 11) is 0. The van der Waals surface area contributed by atoms with Crippen molar-refractivity contribution in [3.63, 3.8) is 0 Å². The van der Waals surface area contributed by atoms with E-state index in [9.17, 15) is 4.79 Å². The molecule has 0 atom stereocenters. The lowest BCUT2D eigenvalue weighted by atomic mass is 9.97. The monoisotopic (exact) mass is 524 g/mol. The molecule has 0 heterocycles. The SMILES string of the molecule is [C-]#[N+]c1cc(Cl)cc(Oc2c(C)ccc(OCC(=O)Nc3ccc(C#CC(C)(C)C)cc3Cl)c2F)c1. The number of amides is 1. The highest BCUT2D eigenvalue weighted by atomic mass is 35.5. The summed E-state index contributed by atoms with van der Waals surface area (Å²) in [5.41, 5.74) is 1.71. The van der Waals surface area contributed by atoms with E-state index in [0.29, 0.717) is 16.3 Å². The first kappa shape index (κ1) is 26.9. The molecule has 0 aliphatic rings. The molecule has 0 saturated heterocycles. The molecule has 184 valence electrons. The van der Waals surface area contributed by atoms with E-state index in [4.69, 9.17) is 39.2 Å². The molecule has 0 unspecified atom stereocenters. The van der Waals surface area contributed by atoms with Crippen molar-refractivity contribution in [3.8, 4) is 29.1 Å². The Morgan fingerprint density at radius 1 is 1.14 bits per heavy atom. The molecule has 0 aliphatic carbocycles. The minimum atomic E-state index is -0.785. The maximum atomic E-state index is 15.1. The largest absolute Gasteiger partial charge is 0.481 e. The molecule has 1 N–H and O–H groups in total. The quantitative estimate of drug-likeness (QED) is 0.261. The summed E-state index contributed by atoms with van der Waals surface area (Å²) in [6.07, 6.45) is 0. The zero-order valence-corrected chi connectivity index (χ0v) is 21.6. The van der Waals surface area contributed by atoms with Crippen molar-refractivity contribution in [1.82, 2.24) is 0 Å². The molecule has 8 heteroatoms. The van der Waals surface area contributed by atoms with Gasteiger partial charge in [-0.1, -0.05) is 41.1 Å². The first-order valence-electron chi connectivity index (χ1n) is 10.9. The lowest BCUT2D eigenvalue weighted by Gasteiger charge is -2.14. The number of halogens is 3. The van der Waals surface area contributed by atoms with Crippen LogP contribution in [0.2, 0.25) is 10.0 Å². The van der Waals surface area contributed by atoms with E-state index in [1.807, 2.05) is 20.8 Å². The molecule has 0 spiro atoms. The maximum absolute atomic E-state index is 15.1. The fourth-order valence-electron chi connectivity index (χ4n) is 2.94. The van der Waals surface area contributed by atoms with Gasteiger partial charge in [0.15, 0.2) is 23.8 Å². The minimum Gasteiger partial charge on any atom is -0.481 e. The lowest BCUT2D eigenvalue weighted by molar-refractivity contribution is -0.118. The first-order chi connectivity index (χ1) is 16.9. The summed E-state index contributed by atoms with van der Waals surface area (Å²) < 4.78 is 26.2. The number of nitrogens with zero attached hydrogens (tertiary/aromatic N) is 1. The van der Waals surface area contributed by atoms with Crippen molar-refractivity contribution in [3.05, 3.63) is 86.9 Å². The molecule has 36 heavy (non-hydrogen) atoms. The third kappa shape index (κ3) is 7.39. The van der Waals surface area contributed by atoms with Gasteiger partial charge in [-0.05, 0) is 75.7 Å². The van der Waals surface area contributed by atoms with E-state index in [1.165, 1.54) is 24.3 Å². The number of benzene rings is 3. The molecule has 5 nitrogen and oxygen atoms in total. The fraction of sp³-hybridized carbons (Fsp3) is 0.214. The van der Waals surface area contributed by atoms with Crippen LogP contribution in [0.3, 0.4) is 0 Å². The number of anilines is 1. The van der Waals surface area contributed by atoms with Gasteiger partial charge in [0.1, 0.15) is 5.75 Å². The van der Waals surface area contributed by atoms with E-state index < -0.39 is 18.3 Å². The van der Waals surface area contributed by atoms with Crippen molar-refractivity contribution >= 4 is 40.5 Å². The van der Waals surface area contributed by atoms with Crippen molar-refractivity contribution in [2.24, 2.45) is 5.41 Å². The summed E-state index contributed by atoms with van der Waals surface area (Å²) in [5, 5.41) is 3.25. The highest BCUT2D eigenvalue weighted by Gasteiger charge is 2.17. The van der Waals surface area contributed by atoms with Gasteiger partial charge in [0.05, 0.1) is 17.3 Å². The van der Waals surface area contributed by atoms with E-state index in [1.54, 1.807) is 31.2 Å². The Balaban J connectivity index is 1.69. The van der Waals surface area contributed by atoms with Crippen molar-refractivity contribution in [2.45, 2.75) is 27.7 Å². The molecule has 0 radical (unpaired) electrons. The topological polar surface area (TPSA) is 51.9 Å². The van der Waals surface area contributed by atoms with Gasteiger partial charge in [0.2, 0.25) is 5.82 Å². The summed E-state index contributed by atoms with van der Waals surface area (Å²) >= 11 is 12.3. The van der Waals surface area contributed by atoms with Crippen LogP contribution >= 0.6 is 23.2 Å². The number of nitrogens with one attached hydrogen (secondary N) is 1. The Morgan fingerprint density at radius 2 is 1.89 bits per heavy atom. The van der Waals surface area contributed by atoms with Gasteiger partial charge in [0, 0.05) is 16.0 Å². The van der Waals surface area contributed by atoms with Crippen LogP contribution in [0.4, 0.5) is 15.8 Å². The van der Waals surface area contributed by atoms with Gasteiger partial charge in [-0.15, -0.1) is 0 Å². The molecule has 3 aromatic carbocycles. The lowest BCUT2D eigenvalue weighted by Crippen LogP contribution is -2.20. The molecule has 0 fully saturated rings. The number of hydrogen-bond acceptors (Lipinski definition) is 3. The van der Waals surface area contributed by atoms with Crippen molar-refractivity contribution < 1.29 is 18.7 Å². The Labute approximate surface area is 220 Å². The Hall–Kier alpha value is -3.71. The number of aryl methyl sites for hydroxylation is 1. The van der Waals surface area contributed by atoms with Gasteiger partial charge in [-0.3, -0.25) is 4.79 Å². The second kappa shape index (κ2) is 11.4. The van der Waals surface area contributed by atoms with Crippen LogP contribution in [0.15, 0.2) is 48.5 Å². The average molecular weight is 525 g/mol. The highest BCUT2D eigenvalue weighted by molar-refractivity contribution is 6.33. The summed E-state index contributed by atoms with van der Waals surface area (Å²) in [5.74, 6) is 4.80. The second-order valence-corrected chi connectivity index (χ2v) is 9.76. The molecule has 0 saturated carbocycles. The molecule has 1 amide bonds. The van der Waals surface area contributed by atoms with Crippen LogP contribution < -0.4 is 14.8 Å². The maximum Gasteiger partial charge on any atom is 0.262 e. The number of carbonyl (C=O) groups excluding carboxylic acids is 1. The predicted octanol–water partition coefficient (Wildman–Crippen LogP) is 8.20. The van der Waals surface area contributed by atoms with Crippen molar-refractivity contribution in [1.29, 1.82) is 0 Å². The van der Waals surface area contributed by atoms with E-state index >= 15 is 4.39 Å². The first-order valence-corrected chi connectivity index (χ1v) is 11.6. The van der Waals surface area contributed by atoms with E-state index in [2.05, 4.69) is 22.0 Å². The average Bonchev–Trinajstić information content (AvgIpc) is 2.80. The van der Waals surface area contributed by atoms with Crippen LogP contribution in [0.1, 0.15) is 31.9 Å². The van der Waals surface area contributed by atoms with Gasteiger partial charge >= 0.3 is 0 Å². The number of carbonyl (C=O) groups is 1. The summed E-state index contributed by atoms with van der Waals surface area (Å²) in [6.45, 7) is 14.4. The summed E-state index contributed by atoms with van der Waals surface area (Å²) in [6, 6.07) is 12.5. The van der Waals surface area contributed by atoms with Crippen LogP contribution in [0.5, 0.6) is 17.2 Å². The van der Waals surface area contributed by atoms with Crippen molar-refractivity contribution in [2.75, 3.05) is 11.9 Å². The molecular formula is C28H23Cl2FN2O3. The highest BCUT2D eigenvalue weighted by Crippen LogP contribution is 2.36. The molecule has 0 bridgehead atoms. The third-order valence-electron chi connectivity index (χ3n) is 4.65. The van der Waals surface area contributed by atoms with E-state index in [0.717, 1.165) is 5.56 Å². The Bertz CT molecular complexity index is 1410. The van der Waals surface area contributed by atoms with Gasteiger partial charge in [-0.2, -0.15) is 4.39 Å². The van der Waals surface area contributed by atoms with Crippen LogP contribution in [0.25, 0.3) is 4.85 Å². The number of rotatable bonds is 6. The molecular weight excluding hydrogens is 502 g/mol. The van der Waals surface area contributed by atoms with E-state index in [-0.39, 0.29) is 33.4 Å². The zero-order chi connectivity index (χ0) is 26.5. The Morgan fingerprint density at radius 3 is 2.56 bits per heavy atom. The third-order valence-corrected chi connectivity index (χ3v) is 5.18. The minimum absolute atomic E-state index is 0.0962. The zero-order valence-electron chi connectivity index (χ0n) is 20.1. The van der Waals surface area contributed by atoms with Gasteiger partial charge < -0.3 is 14.8 Å². The standard InChI is InChI=1S/C28H23Cl2FN2O3/c1-17-6-9-24(26(31)27(17)36-21-14-19(29)13-20(15-21)32-5)35-16-25(34)33-23-8-7-18(12-22(23)30)10-11-28(2,3)4/h6-9,12-15H,16H2,1-4H3,(H,33,34). The number of ether oxygens (including phenoxy) is 2. The molecule has 0 aliphatic heterocycles. The van der Waals surface area contributed by atoms with Crippen LogP contribution in [-0.2, 0) is 4.79 Å². The summed E-state index contributed by atoms with van der Waals surface area (Å²) in [4.78, 5) is 15.7. The van der Waals surface area contributed by atoms with Crippen LogP contribution in [-0.4, -0.2) is 12.5 Å². The van der Waals surface area contributed by atoms with Crippen LogP contribution in [0, 0.1) is 36.6 Å². The van der Waals surface area contributed by atoms with Gasteiger partial charge in [0.25, 0.3) is 5.91 Å². The number of hydrogen-bond donors (Lipinski definition) is 1.